The lowest BCUT2D eigenvalue weighted by Crippen LogP contribution is -2.15. The minimum Gasteiger partial charge on any atom is -0.478 e. The summed E-state index contributed by atoms with van der Waals surface area (Å²) in [6.45, 7) is 0. The van der Waals surface area contributed by atoms with E-state index >= 15 is 0 Å². The van der Waals surface area contributed by atoms with Crippen molar-refractivity contribution in [2.24, 2.45) is 5.92 Å². The van der Waals surface area contributed by atoms with Crippen LogP contribution in [0.4, 0.5) is 5.69 Å². The zero-order valence-electron chi connectivity index (χ0n) is 11.1. The van der Waals surface area contributed by atoms with Crippen LogP contribution in [0.2, 0.25) is 0 Å². The van der Waals surface area contributed by atoms with Gasteiger partial charge in [0.2, 0.25) is 0 Å². The molecule has 3 heteroatoms. The average Bonchev–Trinajstić information content (AvgIpc) is 3.30. The van der Waals surface area contributed by atoms with Crippen molar-refractivity contribution in [3.05, 3.63) is 65.7 Å². The van der Waals surface area contributed by atoms with E-state index in [0.717, 1.165) is 0 Å². The van der Waals surface area contributed by atoms with Gasteiger partial charge in [0.15, 0.2) is 0 Å². The third-order valence-electron chi connectivity index (χ3n) is 3.72. The van der Waals surface area contributed by atoms with Gasteiger partial charge in [-0.05, 0) is 36.5 Å². The molecule has 20 heavy (non-hydrogen) atoms. The summed E-state index contributed by atoms with van der Waals surface area (Å²) in [5.74, 6) is -0.296. The van der Waals surface area contributed by atoms with E-state index in [1.165, 1.54) is 18.4 Å². The molecule has 1 saturated carbocycles. The predicted octanol–water partition coefficient (Wildman–Crippen LogP) is 3.95. The fourth-order valence-corrected chi connectivity index (χ4v) is 2.53. The van der Waals surface area contributed by atoms with Crippen LogP contribution >= 0.6 is 0 Å². The summed E-state index contributed by atoms with van der Waals surface area (Å²) in [4.78, 5) is 11.3. The molecule has 0 spiro atoms. The number of hydrogen-bond donors (Lipinski definition) is 2. The zero-order valence-corrected chi connectivity index (χ0v) is 11.1. The Morgan fingerprint density at radius 2 is 1.70 bits per heavy atom. The predicted molar refractivity (Wildman–Crippen MR) is 78.9 cm³/mol. The number of carboxylic acids is 1. The Kier molecular flexibility index (Phi) is 3.42. The van der Waals surface area contributed by atoms with Gasteiger partial charge in [0.25, 0.3) is 0 Å². The summed E-state index contributed by atoms with van der Waals surface area (Å²) in [6, 6.07) is 17.5. The number of benzene rings is 2. The van der Waals surface area contributed by atoms with Gasteiger partial charge >= 0.3 is 5.97 Å². The molecule has 3 rings (SSSR count). The summed E-state index contributed by atoms with van der Waals surface area (Å²) in [5, 5.41) is 12.7. The van der Waals surface area contributed by atoms with E-state index in [1.54, 1.807) is 12.1 Å². The highest BCUT2D eigenvalue weighted by molar-refractivity contribution is 5.94. The first-order chi connectivity index (χ1) is 9.75. The summed E-state index contributed by atoms with van der Waals surface area (Å²) in [7, 11) is 0. The van der Waals surface area contributed by atoms with Crippen LogP contribution in [0.15, 0.2) is 54.6 Å². The maximum Gasteiger partial charge on any atom is 0.337 e. The highest BCUT2D eigenvalue weighted by Crippen LogP contribution is 2.43. The molecule has 0 bridgehead atoms. The maximum absolute atomic E-state index is 11.3. The normalized spacial score (nSPS) is 15.6. The van der Waals surface area contributed by atoms with Gasteiger partial charge in [0.1, 0.15) is 0 Å². The molecule has 1 aliphatic carbocycles. The van der Waals surface area contributed by atoms with E-state index < -0.39 is 5.97 Å². The lowest BCUT2D eigenvalue weighted by molar-refractivity contribution is 0.0698. The molecule has 0 heterocycles. The smallest absolute Gasteiger partial charge is 0.337 e. The largest absolute Gasteiger partial charge is 0.478 e. The molecule has 1 fully saturated rings. The van der Waals surface area contributed by atoms with Crippen LogP contribution in [-0.2, 0) is 0 Å². The van der Waals surface area contributed by atoms with Gasteiger partial charge in [0.05, 0.1) is 11.6 Å². The number of carboxylic acid groups (broad SMARTS) is 1. The molecule has 1 aliphatic rings. The maximum atomic E-state index is 11.3. The van der Waals surface area contributed by atoms with Gasteiger partial charge in [-0.3, -0.25) is 0 Å². The molecule has 0 radical (unpaired) electrons. The lowest BCUT2D eigenvalue weighted by atomic mass is 10.0. The van der Waals surface area contributed by atoms with E-state index in [0.29, 0.717) is 17.2 Å². The second-order valence-electron chi connectivity index (χ2n) is 5.22. The Morgan fingerprint density at radius 3 is 2.35 bits per heavy atom. The van der Waals surface area contributed by atoms with Gasteiger partial charge in [-0.25, -0.2) is 4.79 Å². The number of rotatable bonds is 5. The Morgan fingerprint density at radius 1 is 1.05 bits per heavy atom. The van der Waals surface area contributed by atoms with Crippen molar-refractivity contribution in [3.8, 4) is 0 Å². The fourth-order valence-electron chi connectivity index (χ4n) is 2.53. The van der Waals surface area contributed by atoms with Crippen LogP contribution < -0.4 is 5.32 Å². The van der Waals surface area contributed by atoms with Gasteiger partial charge < -0.3 is 10.4 Å². The van der Waals surface area contributed by atoms with E-state index in [1.807, 2.05) is 30.3 Å². The first-order valence-corrected chi connectivity index (χ1v) is 6.89. The monoisotopic (exact) mass is 267 g/mol. The minimum absolute atomic E-state index is 0.191. The number of anilines is 1. The van der Waals surface area contributed by atoms with Crippen LogP contribution in [0.3, 0.4) is 0 Å². The average molecular weight is 267 g/mol. The second-order valence-corrected chi connectivity index (χ2v) is 5.22. The topological polar surface area (TPSA) is 49.3 Å². The Hall–Kier alpha value is -2.29. The first-order valence-electron chi connectivity index (χ1n) is 6.89. The highest BCUT2D eigenvalue weighted by Gasteiger charge is 2.32. The highest BCUT2D eigenvalue weighted by atomic mass is 16.4. The van der Waals surface area contributed by atoms with Crippen molar-refractivity contribution in [2.75, 3.05) is 5.32 Å². The Bertz CT molecular complexity index is 605. The van der Waals surface area contributed by atoms with Gasteiger partial charge in [-0.2, -0.15) is 0 Å². The quantitative estimate of drug-likeness (QED) is 0.862. The van der Waals surface area contributed by atoms with E-state index in [-0.39, 0.29) is 6.04 Å². The molecule has 0 aliphatic heterocycles. The van der Waals surface area contributed by atoms with Crippen LogP contribution in [-0.4, -0.2) is 11.1 Å². The van der Waals surface area contributed by atoms with E-state index in [2.05, 4.69) is 17.4 Å². The standard InChI is InChI=1S/C17H17NO2/c19-17(20)14-8-4-5-9-15(14)18-16(13-10-11-13)12-6-2-1-3-7-12/h1-9,13,16,18H,10-11H2,(H,19,20). The zero-order chi connectivity index (χ0) is 13.9. The minimum atomic E-state index is -0.893. The van der Waals surface area contributed by atoms with Crippen molar-refractivity contribution in [1.82, 2.24) is 0 Å². The Labute approximate surface area is 118 Å². The summed E-state index contributed by atoms with van der Waals surface area (Å²) < 4.78 is 0. The molecule has 0 saturated heterocycles. The number of carbonyl (C=O) groups is 1. The molecule has 0 aromatic heterocycles. The van der Waals surface area contributed by atoms with E-state index in [4.69, 9.17) is 0 Å². The molecule has 2 aromatic rings. The molecule has 0 amide bonds. The molecule has 1 atom stereocenters. The lowest BCUT2D eigenvalue weighted by Gasteiger charge is -2.21. The second kappa shape index (κ2) is 5.37. The number of aromatic carboxylic acids is 1. The molecule has 2 N–H and O–H groups in total. The molecular weight excluding hydrogens is 250 g/mol. The molecular formula is C17H17NO2. The number of hydrogen-bond acceptors (Lipinski definition) is 2. The number of nitrogens with one attached hydrogen (secondary N) is 1. The van der Waals surface area contributed by atoms with Gasteiger partial charge in [-0.15, -0.1) is 0 Å². The van der Waals surface area contributed by atoms with Gasteiger partial charge in [0, 0.05) is 5.69 Å². The molecule has 102 valence electrons. The summed E-state index contributed by atoms with van der Waals surface area (Å²) in [5.41, 5.74) is 2.24. The van der Waals surface area contributed by atoms with Crippen molar-refractivity contribution in [3.63, 3.8) is 0 Å². The van der Waals surface area contributed by atoms with E-state index in [9.17, 15) is 9.90 Å². The Balaban J connectivity index is 1.90. The summed E-state index contributed by atoms with van der Waals surface area (Å²) >= 11 is 0. The van der Waals surface area contributed by atoms with Crippen LogP contribution in [0.5, 0.6) is 0 Å². The number of para-hydroxylation sites is 1. The third-order valence-corrected chi connectivity index (χ3v) is 3.72. The fraction of sp³-hybridized carbons (Fsp3) is 0.235. The summed E-state index contributed by atoms with van der Waals surface area (Å²) in [6.07, 6.45) is 2.39. The third kappa shape index (κ3) is 2.67. The van der Waals surface area contributed by atoms with Crippen LogP contribution in [0.1, 0.15) is 34.8 Å². The molecule has 2 aromatic carbocycles. The van der Waals surface area contributed by atoms with Crippen LogP contribution in [0, 0.1) is 5.92 Å². The first kappa shape index (κ1) is 12.7. The van der Waals surface area contributed by atoms with Crippen molar-refractivity contribution in [1.29, 1.82) is 0 Å². The van der Waals surface area contributed by atoms with Crippen molar-refractivity contribution < 1.29 is 9.90 Å². The van der Waals surface area contributed by atoms with Crippen molar-refractivity contribution in [2.45, 2.75) is 18.9 Å². The van der Waals surface area contributed by atoms with Crippen molar-refractivity contribution >= 4 is 11.7 Å². The molecule has 3 nitrogen and oxygen atoms in total. The van der Waals surface area contributed by atoms with Crippen LogP contribution in [0.25, 0.3) is 0 Å². The SMILES string of the molecule is O=C(O)c1ccccc1NC(c1ccccc1)C1CC1. The van der Waals surface area contributed by atoms with Gasteiger partial charge in [-0.1, -0.05) is 42.5 Å². The molecule has 1 unspecified atom stereocenters.